The normalized spacial score (nSPS) is 16.8. The number of carbonyl (C=O) groups excluding carboxylic acids is 2. The number of Topliss-reactive ketones (excluding diaryl/α,β-unsaturated/α-hetero) is 1. The summed E-state index contributed by atoms with van der Waals surface area (Å²) >= 11 is 0. The first-order chi connectivity index (χ1) is 8.16. The standard InChI is InChI=1S/C10H18N2O3.C2H6/c1-2-3-8(11)9(13)10(14)12-4-6-15-7-5-12;1-2/h8H,2-7,11H2,1H3;1-2H3. The molecule has 1 rings (SSSR count). The molecule has 0 aromatic carbocycles. The molecule has 2 N–H and O–H groups in total. The lowest BCUT2D eigenvalue weighted by Crippen LogP contribution is -2.48. The lowest BCUT2D eigenvalue weighted by molar-refractivity contribution is -0.148. The minimum atomic E-state index is -0.648. The van der Waals surface area contributed by atoms with E-state index in [1.54, 1.807) is 0 Å². The lowest BCUT2D eigenvalue weighted by atomic mass is 10.1. The third kappa shape index (κ3) is 5.28. The first-order valence-electron chi connectivity index (χ1n) is 6.33. The van der Waals surface area contributed by atoms with Crippen LogP contribution in [0.15, 0.2) is 0 Å². The number of nitrogens with zero attached hydrogens (tertiary/aromatic N) is 1. The maximum Gasteiger partial charge on any atom is 0.291 e. The zero-order valence-electron chi connectivity index (χ0n) is 11.1. The summed E-state index contributed by atoms with van der Waals surface area (Å²) in [5.41, 5.74) is 5.61. The molecule has 0 spiro atoms. The van der Waals surface area contributed by atoms with Crippen molar-refractivity contribution >= 4 is 11.7 Å². The first-order valence-corrected chi connectivity index (χ1v) is 6.33. The third-order valence-corrected chi connectivity index (χ3v) is 2.45. The van der Waals surface area contributed by atoms with Gasteiger partial charge in [-0.2, -0.15) is 0 Å². The van der Waals surface area contributed by atoms with Crippen LogP contribution in [0.1, 0.15) is 33.6 Å². The van der Waals surface area contributed by atoms with Gasteiger partial charge in [0.15, 0.2) is 0 Å². The molecule has 1 atom stereocenters. The fourth-order valence-corrected chi connectivity index (χ4v) is 1.52. The van der Waals surface area contributed by atoms with Crippen molar-refractivity contribution in [2.75, 3.05) is 26.3 Å². The van der Waals surface area contributed by atoms with Crippen LogP contribution in [0.3, 0.4) is 0 Å². The highest BCUT2D eigenvalue weighted by molar-refractivity contribution is 6.38. The van der Waals surface area contributed by atoms with Gasteiger partial charge in [-0.05, 0) is 6.42 Å². The van der Waals surface area contributed by atoms with E-state index >= 15 is 0 Å². The second-order valence-electron chi connectivity index (χ2n) is 3.66. The fraction of sp³-hybridized carbons (Fsp3) is 0.833. The van der Waals surface area contributed by atoms with Gasteiger partial charge in [0.2, 0.25) is 5.78 Å². The van der Waals surface area contributed by atoms with Gasteiger partial charge in [0.25, 0.3) is 5.91 Å². The maximum atomic E-state index is 11.7. The number of ether oxygens (including phenoxy) is 1. The summed E-state index contributed by atoms with van der Waals surface area (Å²) in [7, 11) is 0. The van der Waals surface area contributed by atoms with Crippen LogP contribution in [0.5, 0.6) is 0 Å². The molecule has 17 heavy (non-hydrogen) atoms. The van der Waals surface area contributed by atoms with E-state index in [0.29, 0.717) is 32.7 Å². The summed E-state index contributed by atoms with van der Waals surface area (Å²) in [6.45, 7) is 7.92. The van der Waals surface area contributed by atoms with Gasteiger partial charge in [0.1, 0.15) is 0 Å². The van der Waals surface area contributed by atoms with E-state index in [9.17, 15) is 9.59 Å². The molecular formula is C12H24N2O3. The molecular weight excluding hydrogens is 220 g/mol. The molecule has 0 aromatic rings. The highest BCUT2D eigenvalue weighted by Gasteiger charge is 2.27. The van der Waals surface area contributed by atoms with Gasteiger partial charge in [0, 0.05) is 13.1 Å². The van der Waals surface area contributed by atoms with Crippen LogP contribution in [-0.2, 0) is 14.3 Å². The number of rotatable bonds is 4. The Morgan fingerprint density at radius 1 is 1.29 bits per heavy atom. The molecule has 0 aliphatic carbocycles. The van der Waals surface area contributed by atoms with E-state index in [1.807, 2.05) is 20.8 Å². The molecule has 1 unspecified atom stereocenters. The summed E-state index contributed by atoms with van der Waals surface area (Å²) in [6.07, 6.45) is 1.37. The average molecular weight is 244 g/mol. The number of carbonyl (C=O) groups is 2. The highest BCUT2D eigenvalue weighted by atomic mass is 16.5. The van der Waals surface area contributed by atoms with Crippen LogP contribution in [0.4, 0.5) is 0 Å². The van der Waals surface area contributed by atoms with Crippen molar-refractivity contribution in [3.05, 3.63) is 0 Å². The van der Waals surface area contributed by atoms with Gasteiger partial charge in [0.05, 0.1) is 19.3 Å². The van der Waals surface area contributed by atoms with Gasteiger partial charge < -0.3 is 15.4 Å². The van der Waals surface area contributed by atoms with Crippen LogP contribution < -0.4 is 5.73 Å². The van der Waals surface area contributed by atoms with E-state index in [4.69, 9.17) is 10.5 Å². The van der Waals surface area contributed by atoms with Crippen LogP contribution in [0, 0.1) is 0 Å². The Hall–Kier alpha value is -0.940. The predicted octanol–water partition coefficient (Wildman–Crippen LogP) is 0.568. The summed E-state index contributed by atoms with van der Waals surface area (Å²) < 4.78 is 5.10. The Kier molecular flexibility index (Phi) is 8.62. The SMILES string of the molecule is CC.CCCC(N)C(=O)C(=O)N1CCOCC1. The summed E-state index contributed by atoms with van der Waals surface area (Å²) in [5, 5.41) is 0. The van der Waals surface area contributed by atoms with Crippen LogP contribution >= 0.6 is 0 Å². The quantitative estimate of drug-likeness (QED) is 0.734. The van der Waals surface area contributed by atoms with Crippen molar-refractivity contribution in [1.82, 2.24) is 4.90 Å². The second kappa shape index (κ2) is 9.13. The molecule has 5 heteroatoms. The molecule has 1 amide bonds. The molecule has 0 saturated carbocycles. The average Bonchev–Trinajstić information content (AvgIpc) is 2.40. The maximum absolute atomic E-state index is 11.7. The van der Waals surface area contributed by atoms with Gasteiger partial charge in [-0.1, -0.05) is 27.2 Å². The van der Waals surface area contributed by atoms with E-state index < -0.39 is 17.7 Å². The molecule has 5 nitrogen and oxygen atoms in total. The Morgan fingerprint density at radius 2 is 1.82 bits per heavy atom. The summed E-state index contributed by atoms with van der Waals surface area (Å²) in [4.78, 5) is 24.7. The zero-order chi connectivity index (χ0) is 13.3. The van der Waals surface area contributed by atoms with Crippen molar-refractivity contribution in [3.63, 3.8) is 0 Å². The Balaban J connectivity index is 0.00000121. The lowest BCUT2D eigenvalue weighted by Gasteiger charge is -2.26. The van der Waals surface area contributed by atoms with Crippen LogP contribution in [0.2, 0.25) is 0 Å². The fourth-order valence-electron chi connectivity index (χ4n) is 1.52. The number of hydrogen-bond donors (Lipinski definition) is 1. The van der Waals surface area contributed by atoms with E-state index in [2.05, 4.69) is 0 Å². The number of nitrogens with two attached hydrogens (primary N) is 1. The molecule has 1 aliphatic rings. The minimum Gasteiger partial charge on any atom is -0.378 e. The van der Waals surface area contributed by atoms with Gasteiger partial charge in [-0.25, -0.2) is 0 Å². The number of ketones is 1. The van der Waals surface area contributed by atoms with Gasteiger partial charge in [-0.15, -0.1) is 0 Å². The first kappa shape index (κ1) is 16.1. The molecule has 100 valence electrons. The third-order valence-electron chi connectivity index (χ3n) is 2.45. The van der Waals surface area contributed by atoms with E-state index in [-0.39, 0.29) is 0 Å². The molecule has 0 aromatic heterocycles. The molecule has 1 aliphatic heterocycles. The van der Waals surface area contributed by atoms with Crippen molar-refractivity contribution in [2.24, 2.45) is 5.73 Å². The number of amides is 1. The highest BCUT2D eigenvalue weighted by Crippen LogP contribution is 2.02. The molecule has 0 radical (unpaired) electrons. The van der Waals surface area contributed by atoms with Crippen molar-refractivity contribution < 1.29 is 14.3 Å². The smallest absolute Gasteiger partial charge is 0.291 e. The Bertz CT molecular complexity index is 238. The summed E-state index contributed by atoms with van der Waals surface area (Å²) in [5.74, 6) is -0.932. The van der Waals surface area contributed by atoms with E-state index in [1.165, 1.54) is 4.90 Å². The van der Waals surface area contributed by atoms with Crippen molar-refractivity contribution in [3.8, 4) is 0 Å². The Labute approximate surface area is 103 Å². The van der Waals surface area contributed by atoms with Crippen molar-refractivity contribution in [1.29, 1.82) is 0 Å². The predicted molar refractivity (Wildman–Crippen MR) is 66.6 cm³/mol. The molecule has 1 fully saturated rings. The van der Waals surface area contributed by atoms with Crippen molar-refractivity contribution in [2.45, 2.75) is 39.7 Å². The molecule has 0 bridgehead atoms. The number of hydrogen-bond acceptors (Lipinski definition) is 4. The molecule has 1 heterocycles. The topological polar surface area (TPSA) is 72.6 Å². The van der Waals surface area contributed by atoms with Crippen LogP contribution in [0.25, 0.3) is 0 Å². The van der Waals surface area contributed by atoms with Crippen LogP contribution in [-0.4, -0.2) is 48.9 Å². The monoisotopic (exact) mass is 244 g/mol. The number of morpholine rings is 1. The van der Waals surface area contributed by atoms with Gasteiger partial charge >= 0.3 is 0 Å². The summed E-state index contributed by atoms with van der Waals surface area (Å²) in [6, 6.07) is -0.648. The largest absolute Gasteiger partial charge is 0.378 e. The zero-order valence-corrected chi connectivity index (χ0v) is 11.1. The van der Waals surface area contributed by atoms with Gasteiger partial charge in [-0.3, -0.25) is 9.59 Å². The Morgan fingerprint density at radius 3 is 2.29 bits per heavy atom. The minimum absolute atomic E-state index is 0.459. The second-order valence-corrected chi connectivity index (χ2v) is 3.66. The molecule has 1 saturated heterocycles. The van der Waals surface area contributed by atoms with E-state index in [0.717, 1.165) is 6.42 Å².